The third-order valence-electron chi connectivity index (χ3n) is 2.19. The van der Waals surface area contributed by atoms with Crippen LogP contribution in [0.5, 0.6) is 0 Å². The predicted octanol–water partition coefficient (Wildman–Crippen LogP) is 1.74. The fourth-order valence-electron chi connectivity index (χ4n) is 1.60. The number of rotatable bonds is 2. The number of imidazole rings is 1. The lowest BCUT2D eigenvalue weighted by Gasteiger charge is -2.05. The normalized spacial score (nSPS) is 11.4. The van der Waals surface area contributed by atoms with Crippen LogP contribution in [0.4, 0.5) is 5.82 Å². The maximum Gasteiger partial charge on any atom is 0.149 e. The molecule has 0 aliphatic rings. The van der Waals surface area contributed by atoms with Gasteiger partial charge in [-0.3, -0.25) is 0 Å². The minimum absolute atomic E-state index is 0.519. The Morgan fingerprint density at radius 3 is 2.93 bits per heavy atom. The Morgan fingerprint density at radius 1 is 1.43 bits per heavy atom. The standard InChI is InChI=1S/C10H14N4/c1-6(2)3-7-4-12-10(11)9-8(7)13-5-14-9/h4-6H,3H2,1-2H3,(H2,11,12)(H,13,14). The van der Waals surface area contributed by atoms with Crippen LogP contribution in [0, 0.1) is 5.92 Å². The van der Waals surface area contributed by atoms with Crippen molar-refractivity contribution in [3.05, 3.63) is 18.1 Å². The molecule has 14 heavy (non-hydrogen) atoms. The van der Waals surface area contributed by atoms with E-state index in [1.165, 1.54) is 0 Å². The van der Waals surface area contributed by atoms with Crippen LogP contribution in [-0.4, -0.2) is 15.0 Å². The van der Waals surface area contributed by atoms with Gasteiger partial charge in [0.2, 0.25) is 0 Å². The van der Waals surface area contributed by atoms with Gasteiger partial charge >= 0.3 is 0 Å². The molecule has 0 spiro atoms. The van der Waals surface area contributed by atoms with Crippen LogP contribution < -0.4 is 5.73 Å². The number of anilines is 1. The SMILES string of the molecule is CC(C)Cc1cnc(N)c2[nH]cnc12. The van der Waals surface area contributed by atoms with E-state index in [0.29, 0.717) is 11.7 Å². The Kier molecular flexibility index (Phi) is 2.11. The molecular weight excluding hydrogens is 176 g/mol. The minimum atomic E-state index is 0.519. The van der Waals surface area contributed by atoms with Crippen molar-refractivity contribution in [2.24, 2.45) is 5.92 Å². The zero-order valence-electron chi connectivity index (χ0n) is 8.41. The van der Waals surface area contributed by atoms with E-state index < -0.39 is 0 Å². The number of fused-ring (bicyclic) bond motifs is 1. The molecule has 2 aromatic rings. The van der Waals surface area contributed by atoms with Gasteiger partial charge in [-0.1, -0.05) is 13.8 Å². The van der Waals surface area contributed by atoms with Gasteiger partial charge in [0.25, 0.3) is 0 Å². The van der Waals surface area contributed by atoms with Crippen molar-refractivity contribution in [1.82, 2.24) is 15.0 Å². The van der Waals surface area contributed by atoms with Gasteiger partial charge in [-0.15, -0.1) is 0 Å². The van der Waals surface area contributed by atoms with Crippen molar-refractivity contribution in [1.29, 1.82) is 0 Å². The number of nitrogens with two attached hydrogens (primary N) is 1. The second-order valence-corrected chi connectivity index (χ2v) is 3.89. The fourth-order valence-corrected chi connectivity index (χ4v) is 1.60. The highest BCUT2D eigenvalue weighted by Crippen LogP contribution is 2.20. The highest BCUT2D eigenvalue weighted by Gasteiger charge is 2.08. The molecule has 0 amide bonds. The summed E-state index contributed by atoms with van der Waals surface area (Å²) in [5.41, 5.74) is 8.68. The molecule has 4 nitrogen and oxygen atoms in total. The number of H-pyrrole nitrogens is 1. The van der Waals surface area contributed by atoms with Gasteiger partial charge in [0.05, 0.1) is 11.8 Å². The first kappa shape index (κ1) is 8.99. The van der Waals surface area contributed by atoms with Gasteiger partial charge in [-0.05, 0) is 17.9 Å². The van der Waals surface area contributed by atoms with E-state index in [1.54, 1.807) is 6.33 Å². The van der Waals surface area contributed by atoms with Crippen LogP contribution in [0.3, 0.4) is 0 Å². The van der Waals surface area contributed by atoms with E-state index in [0.717, 1.165) is 23.0 Å². The van der Waals surface area contributed by atoms with Gasteiger partial charge in [0, 0.05) is 6.20 Å². The molecule has 0 aromatic carbocycles. The molecule has 0 aliphatic carbocycles. The van der Waals surface area contributed by atoms with E-state index in [-0.39, 0.29) is 0 Å². The van der Waals surface area contributed by atoms with Gasteiger partial charge in [0.1, 0.15) is 11.3 Å². The summed E-state index contributed by atoms with van der Waals surface area (Å²) < 4.78 is 0. The number of hydrogen-bond donors (Lipinski definition) is 2. The van der Waals surface area contributed by atoms with E-state index in [1.807, 2.05) is 6.20 Å². The Balaban J connectivity index is 2.55. The first-order chi connectivity index (χ1) is 6.68. The van der Waals surface area contributed by atoms with Crippen molar-refractivity contribution < 1.29 is 0 Å². The van der Waals surface area contributed by atoms with Gasteiger partial charge in [0.15, 0.2) is 0 Å². The number of nitrogen functional groups attached to an aromatic ring is 1. The van der Waals surface area contributed by atoms with Crippen LogP contribution >= 0.6 is 0 Å². The fraction of sp³-hybridized carbons (Fsp3) is 0.400. The molecule has 0 radical (unpaired) electrons. The minimum Gasteiger partial charge on any atom is -0.382 e. The van der Waals surface area contributed by atoms with E-state index in [4.69, 9.17) is 5.73 Å². The van der Waals surface area contributed by atoms with Crippen LogP contribution in [0.15, 0.2) is 12.5 Å². The molecule has 3 N–H and O–H groups in total. The van der Waals surface area contributed by atoms with Crippen LogP contribution in [0.2, 0.25) is 0 Å². The Morgan fingerprint density at radius 2 is 2.21 bits per heavy atom. The van der Waals surface area contributed by atoms with E-state index in [9.17, 15) is 0 Å². The highest BCUT2D eigenvalue weighted by atomic mass is 14.9. The third kappa shape index (κ3) is 1.43. The van der Waals surface area contributed by atoms with Crippen LogP contribution in [-0.2, 0) is 6.42 Å². The average Bonchev–Trinajstić information content (AvgIpc) is 2.58. The second-order valence-electron chi connectivity index (χ2n) is 3.89. The van der Waals surface area contributed by atoms with Crippen LogP contribution in [0.25, 0.3) is 11.0 Å². The van der Waals surface area contributed by atoms with E-state index in [2.05, 4.69) is 28.8 Å². The summed E-state index contributed by atoms with van der Waals surface area (Å²) >= 11 is 0. The number of nitrogens with zero attached hydrogens (tertiary/aromatic N) is 2. The number of pyridine rings is 1. The molecule has 2 rings (SSSR count). The smallest absolute Gasteiger partial charge is 0.149 e. The summed E-state index contributed by atoms with van der Waals surface area (Å²) in [6.45, 7) is 4.35. The lowest BCUT2D eigenvalue weighted by Crippen LogP contribution is -1.99. The average molecular weight is 190 g/mol. The molecule has 0 saturated heterocycles. The molecule has 0 bridgehead atoms. The monoisotopic (exact) mass is 190 g/mol. The number of nitrogens with one attached hydrogen (secondary N) is 1. The largest absolute Gasteiger partial charge is 0.382 e. The Bertz CT molecular complexity index is 444. The number of aromatic amines is 1. The summed E-state index contributed by atoms with van der Waals surface area (Å²) in [6, 6.07) is 0. The molecule has 74 valence electrons. The first-order valence-electron chi connectivity index (χ1n) is 4.75. The molecule has 0 saturated carbocycles. The van der Waals surface area contributed by atoms with Gasteiger partial charge in [-0.2, -0.15) is 0 Å². The lowest BCUT2D eigenvalue weighted by atomic mass is 10.0. The molecule has 2 aromatic heterocycles. The lowest BCUT2D eigenvalue weighted by molar-refractivity contribution is 0.648. The van der Waals surface area contributed by atoms with Crippen molar-refractivity contribution >= 4 is 16.9 Å². The zero-order valence-corrected chi connectivity index (χ0v) is 8.41. The predicted molar refractivity (Wildman–Crippen MR) is 56.8 cm³/mol. The summed E-state index contributed by atoms with van der Waals surface area (Å²) in [7, 11) is 0. The topological polar surface area (TPSA) is 67.6 Å². The zero-order chi connectivity index (χ0) is 10.1. The molecule has 0 unspecified atom stereocenters. The van der Waals surface area contributed by atoms with Crippen molar-refractivity contribution in [2.45, 2.75) is 20.3 Å². The Labute approximate surface area is 82.6 Å². The Hall–Kier alpha value is -1.58. The summed E-state index contributed by atoms with van der Waals surface area (Å²) in [4.78, 5) is 11.4. The summed E-state index contributed by atoms with van der Waals surface area (Å²) in [6.07, 6.45) is 4.46. The van der Waals surface area contributed by atoms with Crippen molar-refractivity contribution in [3.63, 3.8) is 0 Å². The molecule has 2 heterocycles. The molecule has 0 aliphatic heterocycles. The maximum atomic E-state index is 5.72. The quantitative estimate of drug-likeness (QED) is 0.757. The maximum absolute atomic E-state index is 5.72. The van der Waals surface area contributed by atoms with Crippen LogP contribution in [0.1, 0.15) is 19.4 Å². The number of hydrogen-bond acceptors (Lipinski definition) is 3. The van der Waals surface area contributed by atoms with Crippen molar-refractivity contribution in [3.8, 4) is 0 Å². The molecule has 4 heteroatoms. The summed E-state index contributed by atoms with van der Waals surface area (Å²) in [5.74, 6) is 1.12. The first-order valence-corrected chi connectivity index (χ1v) is 4.75. The van der Waals surface area contributed by atoms with Crippen molar-refractivity contribution in [2.75, 3.05) is 5.73 Å². The summed E-state index contributed by atoms with van der Waals surface area (Å²) in [5, 5.41) is 0. The van der Waals surface area contributed by atoms with Gasteiger partial charge < -0.3 is 10.7 Å². The number of aromatic nitrogens is 3. The molecule has 0 atom stereocenters. The molecule has 0 fully saturated rings. The third-order valence-corrected chi connectivity index (χ3v) is 2.19. The van der Waals surface area contributed by atoms with Gasteiger partial charge in [-0.25, -0.2) is 9.97 Å². The highest BCUT2D eigenvalue weighted by molar-refractivity contribution is 5.86. The van der Waals surface area contributed by atoms with E-state index >= 15 is 0 Å². The molecular formula is C10H14N4. The second kappa shape index (κ2) is 3.29.